The number of hydrogen-bond acceptors (Lipinski definition) is 6. The average molecular weight is 395 g/mol. The summed E-state index contributed by atoms with van der Waals surface area (Å²) in [5, 5.41) is 40.0. The van der Waals surface area contributed by atoms with Crippen molar-refractivity contribution in [1.82, 2.24) is 0 Å². The van der Waals surface area contributed by atoms with Crippen LogP contribution in [0.2, 0.25) is 5.02 Å². The molecule has 1 heterocycles. The standard InChI is InChI=1S/C20H23ClO6/c1-2-26-14-6-3-11(4-7-14)9-13-10-12(5-8-15(13)21)19-17(23)16(22)18(24)20(25)27-19/h3-8,10,16-20,22-25H,2,9H2,1H3/t16-,17?,18+,19+,20?/m1/s1. The maximum atomic E-state index is 10.2. The number of aliphatic hydroxyl groups is 4. The number of halogens is 1. The minimum Gasteiger partial charge on any atom is -0.494 e. The van der Waals surface area contributed by atoms with Crippen molar-refractivity contribution in [3.63, 3.8) is 0 Å². The van der Waals surface area contributed by atoms with Gasteiger partial charge in [0.15, 0.2) is 6.29 Å². The summed E-state index contributed by atoms with van der Waals surface area (Å²) < 4.78 is 10.7. The summed E-state index contributed by atoms with van der Waals surface area (Å²) >= 11 is 6.32. The summed E-state index contributed by atoms with van der Waals surface area (Å²) in [5.41, 5.74) is 2.39. The Kier molecular flexibility index (Phi) is 6.37. The summed E-state index contributed by atoms with van der Waals surface area (Å²) in [5.74, 6) is 0.793. The number of benzene rings is 2. The van der Waals surface area contributed by atoms with Crippen molar-refractivity contribution in [2.45, 2.75) is 44.1 Å². The van der Waals surface area contributed by atoms with Crippen LogP contribution in [0.5, 0.6) is 5.75 Å². The van der Waals surface area contributed by atoms with Gasteiger partial charge >= 0.3 is 0 Å². The van der Waals surface area contributed by atoms with Crippen LogP contribution in [0.3, 0.4) is 0 Å². The highest BCUT2D eigenvalue weighted by molar-refractivity contribution is 6.31. The molecule has 4 N–H and O–H groups in total. The number of hydrogen-bond donors (Lipinski definition) is 4. The first kappa shape index (κ1) is 20.1. The maximum Gasteiger partial charge on any atom is 0.184 e. The van der Waals surface area contributed by atoms with Crippen molar-refractivity contribution in [3.8, 4) is 5.75 Å². The van der Waals surface area contributed by atoms with Crippen LogP contribution in [-0.4, -0.2) is 51.6 Å². The van der Waals surface area contributed by atoms with E-state index in [-0.39, 0.29) is 0 Å². The second kappa shape index (κ2) is 8.56. The number of ether oxygens (including phenoxy) is 2. The van der Waals surface area contributed by atoms with E-state index in [1.165, 1.54) is 0 Å². The molecule has 1 fully saturated rings. The summed E-state index contributed by atoms with van der Waals surface area (Å²) in [4.78, 5) is 0. The lowest BCUT2D eigenvalue weighted by Crippen LogP contribution is -2.54. The van der Waals surface area contributed by atoms with Gasteiger partial charge in [0.25, 0.3) is 0 Å². The lowest BCUT2D eigenvalue weighted by molar-refractivity contribution is -0.284. The second-order valence-electron chi connectivity index (χ2n) is 6.52. The number of rotatable bonds is 5. The largest absolute Gasteiger partial charge is 0.494 e. The molecular weight excluding hydrogens is 372 g/mol. The third-order valence-corrected chi connectivity index (χ3v) is 4.98. The molecule has 27 heavy (non-hydrogen) atoms. The zero-order valence-electron chi connectivity index (χ0n) is 14.8. The smallest absolute Gasteiger partial charge is 0.184 e. The summed E-state index contributed by atoms with van der Waals surface area (Å²) in [6.07, 6.45) is -6.46. The molecule has 2 aromatic rings. The van der Waals surface area contributed by atoms with Crippen LogP contribution < -0.4 is 4.74 Å². The molecule has 0 radical (unpaired) electrons. The highest BCUT2D eigenvalue weighted by atomic mass is 35.5. The van der Waals surface area contributed by atoms with E-state index in [0.717, 1.165) is 16.9 Å². The van der Waals surface area contributed by atoms with Gasteiger partial charge in [0.05, 0.1) is 6.61 Å². The minimum absolute atomic E-state index is 0.551. The first-order valence-electron chi connectivity index (χ1n) is 8.78. The van der Waals surface area contributed by atoms with Gasteiger partial charge in [0.1, 0.15) is 30.2 Å². The van der Waals surface area contributed by atoms with Crippen LogP contribution in [0.1, 0.15) is 29.7 Å². The fraction of sp³-hybridized carbons (Fsp3) is 0.400. The van der Waals surface area contributed by atoms with Gasteiger partial charge in [-0.3, -0.25) is 0 Å². The van der Waals surface area contributed by atoms with Crippen LogP contribution >= 0.6 is 11.6 Å². The third kappa shape index (κ3) is 4.43. The molecule has 0 aliphatic carbocycles. The van der Waals surface area contributed by atoms with Gasteiger partial charge in [-0.05, 0) is 48.2 Å². The Labute approximate surface area is 162 Å². The van der Waals surface area contributed by atoms with Crippen LogP contribution in [0, 0.1) is 0 Å². The average Bonchev–Trinajstić information content (AvgIpc) is 2.66. The third-order valence-electron chi connectivity index (χ3n) is 4.62. The Morgan fingerprint density at radius 1 is 0.963 bits per heavy atom. The monoisotopic (exact) mass is 394 g/mol. The van der Waals surface area contributed by atoms with E-state index < -0.39 is 30.7 Å². The Morgan fingerprint density at radius 2 is 1.67 bits per heavy atom. The lowest BCUT2D eigenvalue weighted by atomic mass is 9.92. The van der Waals surface area contributed by atoms with E-state index in [1.54, 1.807) is 18.2 Å². The fourth-order valence-corrected chi connectivity index (χ4v) is 3.32. The molecule has 1 aliphatic heterocycles. The van der Waals surface area contributed by atoms with Gasteiger partial charge in [-0.25, -0.2) is 0 Å². The second-order valence-corrected chi connectivity index (χ2v) is 6.93. The molecule has 6 nitrogen and oxygen atoms in total. The van der Waals surface area contributed by atoms with Crippen LogP contribution in [0.4, 0.5) is 0 Å². The predicted molar refractivity (Wildman–Crippen MR) is 99.7 cm³/mol. The van der Waals surface area contributed by atoms with Crippen molar-refractivity contribution in [2.75, 3.05) is 6.61 Å². The Morgan fingerprint density at radius 3 is 2.33 bits per heavy atom. The zero-order valence-corrected chi connectivity index (χ0v) is 15.6. The van der Waals surface area contributed by atoms with E-state index >= 15 is 0 Å². The highest BCUT2D eigenvalue weighted by Gasteiger charge is 2.43. The molecule has 146 valence electrons. The van der Waals surface area contributed by atoms with Gasteiger partial charge in [-0.1, -0.05) is 35.9 Å². The van der Waals surface area contributed by atoms with Crippen LogP contribution in [0.15, 0.2) is 42.5 Å². The maximum absolute atomic E-state index is 10.2. The predicted octanol–water partition coefficient (Wildman–Crippen LogP) is 1.80. The van der Waals surface area contributed by atoms with Crippen molar-refractivity contribution in [1.29, 1.82) is 0 Å². The van der Waals surface area contributed by atoms with Gasteiger partial charge in [0, 0.05) is 5.02 Å². The summed E-state index contributed by atoms with van der Waals surface area (Å²) in [7, 11) is 0. The van der Waals surface area contributed by atoms with Gasteiger partial charge in [-0.15, -0.1) is 0 Å². The molecule has 1 aliphatic rings. The molecule has 0 bridgehead atoms. The fourth-order valence-electron chi connectivity index (χ4n) is 3.13. The number of aliphatic hydroxyl groups excluding tert-OH is 4. The topological polar surface area (TPSA) is 99.4 Å². The first-order chi connectivity index (χ1) is 12.9. The van der Waals surface area contributed by atoms with Gasteiger partial charge in [0.2, 0.25) is 0 Å². The molecule has 2 aromatic carbocycles. The van der Waals surface area contributed by atoms with Crippen molar-refractivity contribution in [3.05, 3.63) is 64.2 Å². The quantitative estimate of drug-likeness (QED) is 0.617. The lowest BCUT2D eigenvalue weighted by Gasteiger charge is -2.38. The molecule has 5 atom stereocenters. The van der Waals surface area contributed by atoms with Crippen molar-refractivity contribution in [2.24, 2.45) is 0 Å². The van der Waals surface area contributed by atoms with E-state index in [0.29, 0.717) is 23.6 Å². The van der Waals surface area contributed by atoms with E-state index in [2.05, 4.69) is 0 Å². The summed E-state index contributed by atoms with van der Waals surface area (Å²) in [6, 6.07) is 12.8. The Hall–Kier alpha value is -1.67. The molecular formula is C20H23ClO6. The Bertz CT molecular complexity index is 766. The molecule has 0 amide bonds. The molecule has 1 saturated heterocycles. The van der Waals surface area contributed by atoms with E-state index in [9.17, 15) is 20.4 Å². The van der Waals surface area contributed by atoms with Crippen LogP contribution in [0.25, 0.3) is 0 Å². The van der Waals surface area contributed by atoms with Gasteiger partial charge < -0.3 is 29.9 Å². The molecule has 3 rings (SSSR count). The first-order valence-corrected chi connectivity index (χ1v) is 9.16. The molecule has 0 spiro atoms. The van der Waals surface area contributed by atoms with E-state index in [4.69, 9.17) is 21.1 Å². The van der Waals surface area contributed by atoms with Crippen LogP contribution in [-0.2, 0) is 11.2 Å². The molecule has 7 heteroatoms. The molecule has 0 aromatic heterocycles. The van der Waals surface area contributed by atoms with Gasteiger partial charge in [-0.2, -0.15) is 0 Å². The molecule has 2 unspecified atom stereocenters. The molecule has 0 saturated carbocycles. The summed E-state index contributed by atoms with van der Waals surface area (Å²) in [6.45, 7) is 2.52. The SMILES string of the molecule is CCOc1ccc(Cc2cc([C@@H]3OC(O)[C@@H](O)[C@H](O)C3O)ccc2Cl)cc1. The zero-order chi connectivity index (χ0) is 19.6. The van der Waals surface area contributed by atoms with E-state index in [1.807, 2.05) is 31.2 Å². The van der Waals surface area contributed by atoms with Crippen molar-refractivity contribution >= 4 is 11.6 Å². The normalized spacial score (nSPS) is 28.1. The van der Waals surface area contributed by atoms with Crippen molar-refractivity contribution < 1.29 is 29.9 Å². The minimum atomic E-state index is -1.58. The highest BCUT2D eigenvalue weighted by Crippen LogP contribution is 2.34. The Balaban J connectivity index is 1.82.